The van der Waals surface area contributed by atoms with Gasteiger partial charge in [0.25, 0.3) is 5.91 Å². The Morgan fingerprint density at radius 3 is 2.31 bits per heavy atom. The van der Waals surface area contributed by atoms with Gasteiger partial charge in [-0.1, -0.05) is 30.3 Å². The van der Waals surface area contributed by atoms with E-state index in [0.717, 1.165) is 10.6 Å². The summed E-state index contributed by atoms with van der Waals surface area (Å²) in [7, 11) is 0. The molecule has 6 nitrogen and oxygen atoms in total. The first-order valence-corrected chi connectivity index (χ1v) is 9.76. The Balaban J connectivity index is 1.38. The summed E-state index contributed by atoms with van der Waals surface area (Å²) in [5.41, 5.74) is 0.763. The van der Waals surface area contributed by atoms with Gasteiger partial charge in [0.1, 0.15) is 5.82 Å². The lowest BCUT2D eigenvalue weighted by Gasteiger charge is -2.34. The third-order valence-corrected chi connectivity index (χ3v) is 5.60. The lowest BCUT2D eigenvalue weighted by molar-refractivity contribution is -0.123. The number of benzene rings is 2. The van der Waals surface area contributed by atoms with Crippen molar-refractivity contribution in [3.63, 3.8) is 0 Å². The van der Waals surface area contributed by atoms with Crippen LogP contribution >= 0.6 is 0 Å². The van der Waals surface area contributed by atoms with Crippen molar-refractivity contribution >= 4 is 29.1 Å². The second-order valence-corrected chi connectivity index (χ2v) is 7.40. The van der Waals surface area contributed by atoms with E-state index in [2.05, 4.69) is 5.32 Å². The Bertz CT molecular complexity index is 926. The van der Waals surface area contributed by atoms with Crippen LogP contribution in [0.15, 0.2) is 54.6 Å². The molecule has 3 amide bonds. The van der Waals surface area contributed by atoms with E-state index in [1.165, 1.54) is 18.2 Å². The van der Waals surface area contributed by atoms with Gasteiger partial charge in [-0.2, -0.15) is 0 Å². The molecule has 2 aromatic carbocycles. The fraction of sp³-hybridized carbons (Fsp3) is 0.318. The first-order chi connectivity index (χ1) is 14.0. The summed E-state index contributed by atoms with van der Waals surface area (Å²) in [5, 5.41) is 2.92. The zero-order valence-corrected chi connectivity index (χ0v) is 15.9. The van der Waals surface area contributed by atoms with E-state index in [4.69, 9.17) is 0 Å². The number of likely N-dealkylation sites (tertiary alicyclic amines) is 1. The third-order valence-electron chi connectivity index (χ3n) is 5.60. The van der Waals surface area contributed by atoms with Gasteiger partial charge in [-0.3, -0.25) is 19.3 Å². The highest BCUT2D eigenvalue weighted by Gasteiger charge is 2.44. The predicted octanol–water partition coefficient (Wildman–Crippen LogP) is 2.81. The molecule has 2 fully saturated rings. The molecule has 2 aliphatic heterocycles. The Morgan fingerprint density at radius 1 is 0.966 bits per heavy atom. The van der Waals surface area contributed by atoms with Gasteiger partial charge >= 0.3 is 0 Å². The summed E-state index contributed by atoms with van der Waals surface area (Å²) >= 11 is 0. The summed E-state index contributed by atoms with van der Waals surface area (Å²) in [4.78, 5) is 40.6. The number of anilines is 2. The number of hydrogen-bond acceptors (Lipinski definition) is 4. The maximum absolute atomic E-state index is 14.1. The zero-order valence-electron chi connectivity index (χ0n) is 15.9. The number of amides is 3. The number of halogens is 1. The molecule has 0 saturated carbocycles. The molecular formula is C22H22FN3O3. The quantitative estimate of drug-likeness (QED) is 0.809. The van der Waals surface area contributed by atoms with Gasteiger partial charge in [-0.05, 0) is 50.2 Å². The topological polar surface area (TPSA) is 69.7 Å². The Kier molecular flexibility index (Phi) is 5.40. The second-order valence-electron chi connectivity index (χ2n) is 7.40. The van der Waals surface area contributed by atoms with E-state index >= 15 is 0 Å². The first kappa shape index (κ1) is 19.3. The molecule has 29 heavy (non-hydrogen) atoms. The molecule has 2 aromatic rings. The van der Waals surface area contributed by atoms with Gasteiger partial charge in [-0.25, -0.2) is 9.29 Å². The molecule has 0 unspecified atom stereocenters. The average molecular weight is 395 g/mol. The average Bonchev–Trinajstić information content (AvgIpc) is 3.03. The van der Waals surface area contributed by atoms with Crippen molar-refractivity contribution in [1.82, 2.24) is 4.90 Å². The standard InChI is InChI=1S/C22H22FN3O3/c23-17-8-4-5-9-18(17)26-20(27)14-19(22(26)29)25-12-10-15(11-13-25)21(28)24-16-6-2-1-3-7-16/h1-9,15,19H,10-14H2,(H,24,28)/t19-/m0/s1. The third kappa shape index (κ3) is 3.91. The monoisotopic (exact) mass is 395 g/mol. The summed E-state index contributed by atoms with van der Waals surface area (Å²) in [6.45, 7) is 1.09. The van der Waals surface area contributed by atoms with Crippen molar-refractivity contribution in [3.8, 4) is 0 Å². The number of carbonyl (C=O) groups is 3. The first-order valence-electron chi connectivity index (χ1n) is 9.76. The van der Waals surface area contributed by atoms with Crippen molar-refractivity contribution in [2.45, 2.75) is 25.3 Å². The number of imide groups is 1. The molecule has 1 N–H and O–H groups in total. The highest BCUT2D eigenvalue weighted by Crippen LogP contribution is 2.30. The van der Waals surface area contributed by atoms with E-state index in [9.17, 15) is 18.8 Å². The van der Waals surface area contributed by atoms with Gasteiger partial charge in [0.15, 0.2) is 0 Å². The molecule has 1 atom stereocenters. The minimum atomic E-state index is -0.597. The summed E-state index contributed by atoms with van der Waals surface area (Å²) in [6, 6.07) is 14.5. The highest BCUT2D eigenvalue weighted by molar-refractivity contribution is 6.22. The molecule has 0 spiro atoms. The maximum atomic E-state index is 14.1. The van der Waals surface area contributed by atoms with Crippen LogP contribution in [0.3, 0.4) is 0 Å². The Hall–Kier alpha value is -3.06. The molecule has 0 radical (unpaired) electrons. The molecular weight excluding hydrogens is 373 g/mol. The van der Waals surface area contributed by atoms with Crippen molar-refractivity contribution in [2.75, 3.05) is 23.3 Å². The van der Waals surface area contributed by atoms with Crippen LogP contribution < -0.4 is 10.2 Å². The van der Waals surface area contributed by atoms with E-state index in [0.29, 0.717) is 25.9 Å². The lowest BCUT2D eigenvalue weighted by atomic mass is 9.94. The van der Waals surface area contributed by atoms with E-state index < -0.39 is 23.7 Å². The molecule has 2 saturated heterocycles. The SMILES string of the molecule is O=C(Nc1ccccc1)C1CCN([C@H]2CC(=O)N(c3ccccc3F)C2=O)CC1. The largest absolute Gasteiger partial charge is 0.326 e. The molecule has 0 aliphatic carbocycles. The number of carbonyl (C=O) groups excluding carboxylic acids is 3. The maximum Gasteiger partial charge on any atom is 0.251 e. The van der Waals surface area contributed by atoms with E-state index in [1.807, 2.05) is 35.2 Å². The molecule has 2 aliphatic rings. The number of nitrogens with one attached hydrogen (secondary N) is 1. The van der Waals surface area contributed by atoms with Crippen LogP contribution in [-0.2, 0) is 14.4 Å². The molecule has 0 bridgehead atoms. The van der Waals surface area contributed by atoms with Crippen LogP contribution in [0.5, 0.6) is 0 Å². The summed E-state index contributed by atoms with van der Waals surface area (Å²) in [6.07, 6.45) is 1.25. The smallest absolute Gasteiger partial charge is 0.251 e. The number of nitrogens with zero attached hydrogens (tertiary/aromatic N) is 2. The minimum absolute atomic E-state index is 0.00197. The van der Waals surface area contributed by atoms with Crippen LogP contribution in [0.25, 0.3) is 0 Å². The van der Waals surface area contributed by atoms with Crippen molar-refractivity contribution in [3.05, 3.63) is 60.4 Å². The zero-order chi connectivity index (χ0) is 20.4. The Morgan fingerprint density at radius 2 is 1.62 bits per heavy atom. The van der Waals surface area contributed by atoms with Crippen LogP contribution in [0.1, 0.15) is 19.3 Å². The van der Waals surface area contributed by atoms with Crippen LogP contribution in [0.2, 0.25) is 0 Å². The lowest BCUT2D eigenvalue weighted by Crippen LogP contribution is -2.47. The van der Waals surface area contributed by atoms with Crippen molar-refractivity contribution < 1.29 is 18.8 Å². The van der Waals surface area contributed by atoms with Crippen LogP contribution in [-0.4, -0.2) is 41.8 Å². The highest BCUT2D eigenvalue weighted by atomic mass is 19.1. The molecule has 4 rings (SSSR count). The van der Waals surface area contributed by atoms with Crippen molar-refractivity contribution in [1.29, 1.82) is 0 Å². The number of piperidine rings is 1. The van der Waals surface area contributed by atoms with Crippen molar-refractivity contribution in [2.24, 2.45) is 5.92 Å². The minimum Gasteiger partial charge on any atom is -0.326 e. The van der Waals surface area contributed by atoms with Gasteiger partial charge < -0.3 is 5.32 Å². The predicted molar refractivity (Wildman–Crippen MR) is 107 cm³/mol. The molecule has 7 heteroatoms. The Labute approximate surface area is 168 Å². The van der Waals surface area contributed by atoms with Crippen LogP contribution in [0, 0.1) is 11.7 Å². The van der Waals surface area contributed by atoms with E-state index in [-0.39, 0.29) is 23.9 Å². The van der Waals surface area contributed by atoms with E-state index in [1.54, 1.807) is 6.07 Å². The second kappa shape index (κ2) is 8.13. The summed E-state index contributed by atoms with van der Waals surface area (Å²) in [5.74, 6) is -1.55. The fourth-order valence-electron chi connectivity index (χ4n) is 4.03. The molecule has 2 heterocycles. The fourth-order valence-corrected chi connectivity index (χ4v) is 4.03. The number of rotatable bonds is 4. The molecule has 150 valence electrons. The van der Waals surface area contributed by atoms with Gasteiger partial charge in [0, 0.05) is 11.6 Å². The van der Waals surface area contributed by atoms with Gasteiger partial charge in [-0.15, -0.1) is 0 Å². The molecule has 0 aromatic heterocycles. The number of hydrogen-bond donors (Lipinski definition) is 1. The van der Waals surface area contributed by atoms with Gasteiger partial charge in [0.2, 0.25) is 11.8 Å². The normalized spacial score (nSPS) is 20.9. The number of para-hydroxylation sites is 2. The van der Waals surface area contributed by atoms with Gasteiger partial charge in [0.05, 0.1) is 18.2 Å². The van der Waals surface area contributed by atoms with Crippen LogP contribution in [0.4, 0.5) is 15.8 Å². The summed E-state index contributed by atoms with van der Waals surface area (Å²) < 4.78 is 14.1.